The minimum atomic E-state index is 0.0988. The number of amides is 2. The normalized spacial score (nSPS) is 14.7. The number of hydrogen-bond acceptors (Lipinski definition) is 4. The molecule has 2 aromatic heterocycles. The van der Waals surface area contributed by atoms with Crippen molar-refractivity contribution in [3.05, 3.63) is 47.9 Å². The lowest BCUT2D eigenvalue weighted by Gasteiger charge is -2.35. The summed E-state index contributed by atoms with van der Waals surface area (Å²) in [4.78, 5) is 31.9. The molecule has 1 aliphatic heterocycles. The number of benzene rings is 1. The number of nitrogens with one attached hydrogen (secondary N) is 2. The molecule has 0 aliphatic carbocycles. The van der Waals surface area contributed by atoms with Crippen LogP contribution in [0.15, 0.2) is 36.7 Å². The number of para-hydroxylation sites is 1. The van der Waals surface area contributed by atoms with Crippen LogP contribution in [0.2, 0.25) is 0 Å². The van der Waals surface area contributed by atoms with Crippen LogP contribution in [-0.2, 0) is 22.4 Å². The van der Waals surface area contributed by atoms with Crippen LogP contribution in [0.1, 0.15) is 17.7 Å². The van der Waals surface area contributed by atoms with Crippen LogP contribution in [-0.4, -0.2) is 68.2 Å². The first-order chi connectivity index (χ1) is 13.2. The average Bonchev–Trinajstić information content (AvgIpc) is 3.36. The van der Waals surface area contributed by atoms with Gasteiger partial charge >= 0.3 is 0 Å². The maximum Gasteiger partial charge on any atom is 0.227 e. The molecule has 0 saturated carbocycles. The lowest BCUT2D eigenvalue weighted by Crippen LogP contribution is -2.51. The molecular formula is C19H22N6O2. The van der Waals surface area contributed by atoms with Crippen LogP contribution >= 0.6 is 0 Å². The van der Waals surface area contributed by atoms with Gasteiger partial charge in [0.25, 0.3) is 0 Å². The van der Waals surface area contributed by atoms with E-state index in [1.54, 1.807) is 6.20 Å². The molecule has 0 atom stereocenters. The van der Waals surface area contributed by atoms with Crippen molar-refractivity contribution in [1.29, 1.82) is 0 Å². The van der Waals surface area contributed by atoms with Crippen LogP contribution in [0.5, 0.6) is 0 Å². The number of carbonyl (C=O) groups is 2. The summed E-state index contributed by atoms with van der Waals surface area (Å²) in [5.74, 6) is 0.205. The number of H-pyrrole nitrogens is 2. The monoisotopic (exact) mass is 366 g/mol. The third-order valence-electron chi connectivity index (χ3n) is 5.06. The molecular weight excluding hydrogens is 344 g/mol. The number of aromatic nitrogens is 4. The number of aromatic amines is 2. The molecule has 2 N–H and O–H groups in total. The second kappa shape index (κ2) is 7.61. The zero-order valence-electron chi connectivity index (χ0n) is 15.0. The molecule has 3 aromatic rings. The van der Waals surface area contributed by atoms with Crippen LogP contribution in [0.25, 0.3) is 10.9 Å². The number of hydrogen-bond donors (Lipinski definition) is 2. The molecule has 140 valence electrons. The fraction of sp³-hybridized carbons (Fsp3) is 0.368. The van der Waals surface area contributed by atoms with Crippen LogP contribution < -0.4 is 0 Å². The molecule has 27 heavy (non-hydrogen) atoms. The molecule has 1 aliphatic rings. The Balaban J connectivity index is 1.28. The van der Waals surface area contributed by atoms with Gasteiger partial charge in [0.05, 0.1) is 18.3 Å². The number of aryl methyl sites for hydroxylation is 1. The van der Waals surface area contributed by atoms with E-state index in [1.807, 2.05) is 40.3 Å². The molecule has 0 radical (unpaired) electrons. The number of rotatable bonds is 5. The van der Waals surface area contributed by atoms with E-state index in [1.165, 1.54) is 0 Å². The Labute approximate surface area is 156 Å². The van der Waals surface area contributed by atoms with Gasteiger partial charge < -0.3 is 14.8 Å². The van der Waals surface area contributed by atoms with Crippen molar-refractivity contribution in [3.63, 3.8) is 0 Å². The van der Waals surface area contributed by atoms with Gasteiger partial charge in [0.2, 0.25) is 11.8 Å². The van der Waals surface area contributed by atoms with E-state index in [4.69, 9.17) is 0 Å². The van der Waals surface area contributed by atoms with Crippen molar-refractivity contribution in [3.8, 4) is 0 Å². The van der Waals surface area contributed by atoms with Gasteiger partial charge in [0.1, 0.15) is 0 Å². The Bertz CT molecular complexity index is 925. The first-order valence-electron chi connectivity index (χ1n) is 9.16. The van der Waals surface area contributed by atoms with Crippen molar-refractivity contribution in [1.82, 2.24) is 30.2 Å². The molecule has 0 unspecified atom stereocenters. The molecule has 3 heterocycles. The molecule has 8 nitrogen and oxygen atoms in total. The van der Waals surface area contributed by atoms with Gasteiger partial charge in [-0.15, -0.1) is 0 Å². The smallest absolute Gasteiger partial charge is 0.227 e. The Kier molecular flexibility index (Phi) is 4.86. The lowest BCUT2D eigenvalue weighted by molar-refractivity contribution is -0.139. The summed E-state index contributed by atoms with van der Waals surface area (Å²) >= 11 is 0. The van der Waals surface area contributed by atoms with Gasteiger partial charge in [-0.05, 0) is 11.6 Å². The van der Waals surface area contributed by atoms with Gasteiger partial charge in [-0.3, -0.25) is 9.59 Å². The second-order valence-electron chi connectivity index (χ2n) is 6.76. The first-order valence-corrected chi connectivity index (χ1v) is 9.16. The highest BCUT2D eigenvalue weighted by molar-refractivity contribution is 5.89. The van der Waals surface area contributed by atoms with Crippen LogP contribution in [0.3, 0.4) is 0 Å². The molecule has 1 fully saturated rings. The Morgan fingerprint density at radius 1 is 1.04 bits per heavy atom. The van der Waals surface area contributed by atoms with E-state index in [0.29, 0.717) is 45.4 Å². The van der Waals surface area contributed by atoms with Crippen molar-refractivity contribution in [2.75, 3.05) is 26.2 Å². The van der Waals surface area contributed by atoms with Crippen molar-refractivity contribution < 1.29 is 9.59 Å². The predicted molar refractivity (Wildman–Crippen MR) is 99.9 cm³/mol. The number of piperazine rings is 1. The molecule has 2 amide bonds. The molecule has 0 bridgehead atoms. The molecule has 1 saturated heterocycles. The maximum atomic E-state index is 12.7. The summed E-state index contributed by atoms with van der Waals surface area (Å²) in [5, 5.41) is 11.3. The molecule has 4 rings (SSSR count). The first kappa shape index (κ1) is 17.3. The standard InChI is InChI=1S/C19H22N6O2/c26-18(6-5-15-13-21-23-22-15)24-7-9-25(10-8-24)19(27)11-14-12-20-17-4-2-1-3-16(14)17/h1-4,12-13,20H,5-11H2,(H,21,22,23). The minimum Gasteiger partial charge on any atom is -0.361 e. The summed E-state index contributed by atoms with van der Waals surface area (Å²) in [6.07, 6.45) is 4.91. The fourth-order valence-electron chi connectivity index (χ4n) is 3.50. The van der Waals surface area contributed by atoms with E-state index in [2.05, 4.69) is 20.4 Å². The Hall–Kier alpha value is -3.16. The highest BCUT2D eigenvalue weighted by Crippen LogP contribution is 2.19. The third kappa shape index (κ3) is 3.84. The van der Waals surface area contributed by atoms with Crippen molar-refractivity contribution in [2.45, 2.75) is 19.3 Å². The van der Waals surface area contributed by atoms with Gasteiger partial charge in [-0.1, -0.05) is 18.2 Å². The van der Waals surface area contributed by atoms with Gasteiger partial charge in [0, 0.05) is 56.1 Å². The fourth-order valence-corrected chi connectivity index (χ4v) is 3.50. The summed E-state index contributed by atoms with van der Waals surface area (Å²) in [7, 11) is 0. The number of fused-ring (bicyclic) bond motifs is 1. The van der Waals surface area contributed by atoms with Crippen LogP contribution in [0.4, 0.5) is 0 Å². The van der Waals surface area contributed by atoms with E-state index < -0.39 is 0 Å². The highest BCUT2D eigenvalue weighted by Gasteiger charge is 2.24. The quantitative estimate of drug-likeness (QED) is 0.707. The summed E-state index contributed by atoms with van der Waals surface area (Å²) in [5.41, 5.74) is 2.85. The number of carbonyl (C=O) groups excluding carboxylic acids is 2. The molecule has 8 heteroatoms. The zero-order valence-corrected chi connectivity index (χ0v) is 15.0. The summed E-state index contributed by atoms with van der Waals surface area (Å²) < 4.78 is 0. The van der Waals surface area contributed by atoms with Gasteiger partial charge in [-0.25, -0.2) is 0 Å². The molecule has 0 spiro atoms. The SMILES string of the molecule is O=C(CCc1cn[nH]n1)N1CCN(C(=O)Cc2c[nH]c3ccccc23)CC1. The highest BCUT2D eigenvalue weighted by atomic mass is 16.2. The van der Waals surface area contributed by atoms with Gasteiger partial charge in [0.15, 0.2) is 0 Å². The van der Waals surface area contributed by atoms with Crippen molar-refractivity contribution >= 4 is 22.7 Å². The van der Waals surface area contributed by atoms with Crippen LogP contribution in [0, 0.1) is 0 Å². The third-order valence-corrected chi connectivity index (χ3v) is 5.06. The molecule has 1 aromatic carbocycles. The lowest BCUT2D eigenvalue weighted by atomic mass is 10.1. The topological polar surface area (TPSA) is 98.0 Å². The number of nitrogens with zero attached hydrogens (tertiary/aromatic N) is 4. The average molecular weight is 366 g/mol. The zero-order chi connectivity index (χ0) is 18.6. The van der Waals surface area contributed by atoms with Crippen molar-refractivity contribution in [2.24, 2.45) is 0 Å². The Morgan fingerprint density at radius 3 is 2.52 bits per heavy atom. The minimum absolute atomic E-state index is 0.0988. The van der Waals surface area contributed by atoms with E-state index in [0.717, 1.165) is 22.2 Å². The summed E-state index contributed by atoms with van der Waals surface area (Å²) in [6.45, 7) is 2.32. The second-order valence-corrected chi connectivity index (χ2v) is 6.76. The predicted octanol–water partition coefficient (Wildman–Crippen LogP) is 1.13. The van der Waals surface area contributed by atoms with E-state index in [-0.39, 0.29) is 11.8 Å². The Morgan fingerprint density at radius 2 is 1.78 bits per heavy atom. The van der Waals surface area contributed by atoms with E-state index >= 15 is 0 Å². The van der Waals surface area contributed by atoms with E-state index in [9.17, 15) is 9.59 Å². The van der Waals surface area contributed by atoms with Gasteiger partial charge in [-0.2, -0.15) is 15.4 Å². The summed E-state index contributed by atoms with van der Waals surface area (Å²) in [6, 6.07) is 7.99. The maximum absolute atomic E-state index is 12.7. The largest absolute Gasteiger partial charge is 0.361 e.